The third-order valence-electron chi connectivity index (χ3n) is 4.04. The van der Waals surface area contributed by atoms with Crippen molar-refractivity contribution < 1.29 is 0 Å². The molecule has 2 atom stereocenters. The van der Waals surface area contributed by atoms with Crippen LogP contribution >= 0.6 is 0 Å². The van der Waals surface area contributed by atoms with Crippen LogP contribution < -0.4 is 0 Å². The summed E-state index contributed by atoms with van der Waals surface area (Å²) < 4.78 is 0. The van der Waals surface area contributed by atoms with E-state index in [-0.39, 0.29) is 0 Å². The lowest BCUT2D eigenvalue weighted by molar-refractivity contribution is 0.0433. The maximum absolute atomic E-state index is 3.96. The first-order valence-corrected chi connectivity index (χ1v) is 4.56. The molecule has 0 spiro atoms. The molecule has 0 heteroatoms. The predicted molar refractivity (Wildman–Crippen MR) is 48.3 cm³/mol. The molecule has 0 heterocycles. The second-order valence-corrected chi connectivity index (χ2v) is 4.07. The van der Waals surface area contributed by atoms with Crippen LogP contribution in [0.15, 0.2) is 25.3 Å². The molecule has 60 valence electrons. The number of hydrogen-bond acceptors (Lipinski definition) is 0. The van der Waals surface area contributed by atoms with Crippen molar-refractivity contribution in [2.75, 3.05) is 0 Å². The average Bonchev–Trinajstić information content (AvgIpc) is 2.26. The summed E-state index contributed by atoms with van der Waals surface area (Å²) in [5, 5.41) is 0. The smallest absolute Gasteiger partial charge is 0.00298 e. The highest BCUT2D eigenvalue weighted by molar-refractivity contribution is 5.23. The first kappa shape index (κ1) is 7.15. The molecule has 0 aliphatic heterocycles. The Bertz CT molecular complexity index is 182. The van der Waals surface area contributed by atoms with E-state index < -0.39 is 0 Å². The van der Waals surface area contributed by atoms with Gasteiger partial charge in [0.1, 0.15) is 0 Å². The Kier molecular flexibility index (Phi) is 1.30. The molecule has 2 aliphatic carbocycles. The van der Waals surface area contributed by atoms with Crippen LogP contribution in [0.1, 0.15) is 32.1 Å². The second-order valence-electron chi connectivity index (χ2n) is 4.07. The van der Waals surface area contributed by atoms with Crippen LogP contribution in [0.4, 0.5) is 0 Å². The van der Waals surface area contributed by atoms with Gasteiger partial charge in [-0.15, -0.1) is 13.2 Å². The van der Waals surface area contributed by atoms with Crippen molar-refractivity contribution in [1.82, 2.24) is 0 Å². The van der Waals surface area contributed by atoms with E-state index in [1.165, 1.54) is 32.1 Å². The molecule has 0 bridgehead atoms. The van der Waals surface area contributed by atoms with Gasteiger partial charge in [0.15, 0.2) is 0 Å². The van der Waals surface area contributed by atoms with E-state index in [2.05, 4.69) is 25.3 Å². The van der Waals surface area contributed by atoms with Crippen LogP contribution in [0.25, 0.3) is 0 Å². The minimum Gasteiger partial charge on any atom is -0.102 e. The Morgan fingerprint density at radius 1 is 0.818 bits per heavy atom. The summed E-state index contributed by atoms with van der Waals surface area (Å²) in [7, 11) is 0. The zero-order valence-corrected chi connectivity index (χ0v) is 7.10. The molecular formula is C11H16. The SMILES string of the molecule is C=CC12CCCC1(C=C)CC2. The third kappa shape index (κ3) is 0.610. The van der Waals surface area contributed by atoms with Crippen LogP contribution in [0.3, 0.4) is 0 Å². The average molecular weight is 148 g/mol. The minimum atomic E-state index is 0.467. The molecule has 0 amide bonds. The summed E-state index contributed by atoms with van der Waals surface area (Å²) in [6, 6.07) is 0. The molecule has 0 aromatic rings. The van der Waals surface area contributed by atoms with E-state index in [4.69, 9.17) is 0 Å². The molecule has 0 saturated heterocycles. The zero-order valence-electron chi connectivity index (χ0n) is 7.10. The topological polar surface area (TPSA) is 0 Å². The fourth-order valence-electron chi connectivity index (χ4n) is 3.05. The summed E-state index contributed by atoms with van der Waals surface area (Å²) in [5.74, 6) is 0. The second kappa shape index (κ2) is 2.00. The molecule has 2 aliphatic rings. The standard InChI is InChI=1S/C11H16/c1-3-10-6-5-7-11(10,4-2)9-8-10/h3-4H,1-2,5-9H2. The highest BCUT2D eigenvalue weighted by atomic mass is 14.6. The van der Waals surface area contributed by atoms with E-state index in [9.17, 15) is 0 Å². The van der Waals surface area contributed by atoms with Gasteiger partial charge in [-0.1, -0.05) is 18.6 Å². The van der Waals surface area contributed by atoms with Crippen molar-refractivity contribution in [3.63, 3.8) is 0 Å². The van der Waals surface area contributed by atoms with Crippen LogP contribution in [0.5, 0.6) is 0 Å². The summed E-state index contributed by atoms with van der Waals surface area (Å²) in [6.45, 7) is 7.92. The first-order chi connectivity index (χ1) is 5.29. The lowest BCUT2D eigenvalue weighted by Crippen LogP contribution is -2.44. The molecule has 11 heavy (non-hydrogen) atoms. The maximum Gasteiger partial charge on any atom is -0.00298 e. The quantitative estimate of drug-likeness (QED) is 0.527. The van der Waals surface area contributed by atoms with Crippen LogP contribution in [0.2, 0.25) is 0 Å². The van der Waals surface area contributed by atoms with Crippen molar-refractivity contribution >= 4 is 0 Å². The summed E-state index contributed by atoms with van der Waals surface area (Å²) >= 11 is 0. The molecule has 2 fully saturated rings. The highest BCUT2D eigenvalue weighted by Gasteiger charge is 2.57. The lowest BCUT2D eigenvalue weighted by Gasteiger charge is -2.53. The zero-order chi connectivity index (χ0) is 7.95. The fraction of sp³-hybridized carbons (Fsp3) is 0.636. The molecule has 0 aromatic carbocycles. The van der Waals surface area contributed by atoms with Gasteiger partial charge < -0.3 is 0 Å². The Morgan fingerprint density at radius 3 is 1.55 bits per heavy atom. The normalized spacial score (nSPS) is 47.6. The largest absolute Gasteiger partial charge is 0.102 e. The molecule has 0 N–H and O–H groups in total. The number of rotatable bonds is 2. The van der Waals surface area contributed by atoms with Gasteiger partial charge in [0.25, 0.3) is 0 Å². The summed E-state index contributed by atoms with van der Waals surface area (Å²) in [4.78, 5) is 0. The van der Waals surface area contributed by atoms with Crippen molar-refractivity contribution in [3.05, 3.63) is 25.3 Å². The molecule has 2 unspecified atom stereocenters. The van der Waals surface area contributed by atoms with E-state index in [0.717, 1.165) is 0 Å². The van der Waals surface area contributed by atoms with E-state index >= 15 is 0 Å². The van der Waals surface area contributed by atoms with Crippen molar-refractivity contribution in [2.24, 2.45) is 10.8 Å². The molecular weight excluding hydrogens is 132 g/mol. The molecule has 2 saturated carbocycles. The molecule has 0 radical (unpaired) electrons. The van der Waals surface area contributed by atoms with Gasteiger partial charge >= 0.3 is 0 Å². The van der Waals surface area contributed by atoms with Gasteiger partial charge in [0, 0.05) is 0 Å². The van der Waals surface area contributed by atoms with Crippen molar-refractivity contribution in [1.29, 1.82) is 0 Å². The lowest BCUT2D eigenvalue weighted by atomic mass is 9.51. The van der Waals surface area contributed by atoms with E-state index in [1.54, 1.807) is 0 Å². The van der Waals surface area contributed by atoms with Crippen LogP contribution in [0, 0.1) is 10.8 Å². The van der Waals surface area contributed by atoms with Crippen LogP contribution in [-0.4, -0.2) is 0 Å². The predicted octanol–water partition coefficient (Wildman–Crippen LogP) is 3.31. The minimum absolute atomic E-state index is 0.467. The van der Waals surface area contributed by atoms with Gasteiger partial charge in [-0.05, 0) is 36.5 Å². The highest BCUT2D eigenvalue weighted by Crippen LogP contribution is 2.67. The van der Waals surface area contributed by atoms with Crippen molar-refractivity contribution in [3.8, 4) is 0 Å². The first-order valence-electron chi connectivity index (χ1n) is 4.56. The molecule has 0 nitrogen and oxygen atoms in total. The van der Waals surface area contributed by atoms with Gasteiger partial charge in [0.05, 0.1) is 0 Å². The van der Waals surface area contributed by atoms with Gasteiger partial charge in [-0.2, -0.15) is 0 Å². The van der Waals surface area contributed by atoms with Crippen LogP contribution in [-0.2, 0) is 0 Å². The van der Waals surface area contributed by atoms with Gasteiger partial charge in [0.2, 0.25) is 0 Å². The molecule has 2 rings (SSSR count). The number of allylic oxidation sites excluding steroid dienone is 2. The number of fused-ring (bicyclic) bond motifs is 1. The number of hydrogen-bond donors (Lipinski definition) is 0. The Hall–Kier alpha value is -0.520. The molecule has 0 aromatic heterocycles. The van der Waals surface area contributed by atoms with Crippen molar-refractivity contribution in [2.45, 2.75) is 32.1 Å². The van der Waals surface area contributed by atoms with Gasteiger partial charge in [-0.3, -0.25) is 0 Å². The van der Waals surface area contributed by atoms with Gasteiger partial charge in [-0.25, -0.2) is 0 Å². The van der Waals surface area contributed by atoms with E-state index in [1.807, 2.05) is 0 Å². The maximum atomic E-state index is 3.96. The summed E-state index contributed by atoms with van der Waals surface area (Å²) in [6.07, 6.45) is 11.1. The van der Waals surface area contributed by atoms with E-state index in [0.29, 0.717) is 10.8 Å². The Balaban J connectivity index is 2.34. The fourth-order valence-corrected chi connectivity index (χ4v) is 3.05. The Morgan fingerprint density at radius 2 is 1.27 bits per heavy atom. The third-order valence-corrected chi connectivity index (χ3v) is 4.04. The summed E-state index contributed by atoms with van der Waals surface area (Å²) in [5.41, 5.74) is 0.934. The Labute approximate surface area is 69.0 Å². The monoisotopic (exact) mass is 148 g/mol.